The van der Waals surface area contributed by atoms with Gasteiger partial charge in [0.1, 0.15) is 0 Å². The van der Waals surface area contributed by atoms with Crippen LogP contribution in [0.3, 0.4) is 0 Å². The lowest BCUT2D eigenvalue weighted by Crippen LogP contribution is -2.42. The van der Waals surface area contributed by atoms with E-state index >= 15 is 0 Å². The van der Waals surface area contributed by atoms with Gasteiger partial charge in [-0.1, -0.05) is 52.3 Å². The fourth-order valence-corrected chi connectivity index (χ4v) is 4.43. The van der Waals surface area contributed by atoms with Crippen molar-refractivity contribution in [2.45, 2.75) is 72.1 Å². The van der Waals surface area contributed by atoms with E-state index in [1.54, 1.807) is 7.11 Å². The molecule has 0 fully saturated rings. The predicted octanol–water partition coefficient (Wildman–Crippen LogP) is 3.31. The van der Waals surface area contributed by atoms with Crippen molar-refractivity contribution < 1.29 is 19.4 Å². The highest BCUT2D eigenvalue weighted by atomic mass is 16.5. The van der Waals surface area contributed by atoms with Gasteiger partial charge in [-0.3, -0.25) is 9.59 Å². The highest BCUT2D eigenvalue weighted by Crippen LogP contribution is 2.23. The number of carbonyl (C=O) groups is 2. The summed E-state index contributed by atoms with van der Waals surface area (Å²) in [6, 6.07) is 7.38. The van der Waals surface area contributed by atoms with Crippen molar-refractivity contribution in [3.05, 3.63) is 36.0 Å². The Morgan fingerprint density at radius 2 is 1.86 bits per heavy atom. The Kier molecular flexibility index (Phi) is 12.4. The number of aliphatic hydroxyl groups excluding tert-OH is 1. The molecule has 0 saturated carbocycles. The van der Waals surface area contributed by atoms with Gasteiger partial charge in [0.05, 0.1) is 18.3 Å². The lowest BCUT2D eigenvalue weighted by atomic mass is 9.86. The lowest BCUT2D eigenvalue weighted by molar-refractivity contribution is -0.125. The second-order valence-corrected chi connectivity index (χ2v) is 10.2. The highest BCUT2D eigenvalue weighted by molar-refractivity contribution is 6.07. The quantitative estimate of drug-likeness (QED) is 0.263. The summed E-state index contributed by atoms with van der Waals surface area (Å²) in [7, 11) is 1.66. The monoisotopic (exact) mass is 502 g/mol. The van der Waals surface area contributed by atoms with Crippen LogP contribution in [0.2, 0.25) is 0 Å². The molecule has 0 spiro atoms. The summed E-state index contributed by atoms with van der Waals surface area (Å²) < 4.78 is 7.25. The molecule has 2 aromatic rings. The fourth-order valence-electron chi connectivity index (χ4n) is 4.43. The van der Waals surface area contributed by atoms with Crippen LogP contribution in [0.4, 0.5) is 0 Å². The number of ether oxygens (including phenoxy) is 1. The first kappa shape index (κ1) is 29.8. The Hall–Kier alpha value is -2.42. The van der Waals surface area contributed by atoms with Gasteiger partial charge in [-0.05, 0) is 37.2 Å². The van der Waals surface area contributed by atoms with Gasteiger partial charge in [0.25, 0.3) is 5.91 Å². The number of nitrogens with two attached hydrogens (primary N) is 1. The van der Waals surface area contributed by atoms with Gasteiger partial charge in [0, 0.05) is 55.8 Å². The highest BCUT2D eigenvalue weighted by Gasteiger charge is 2.26. The van der Waals surface area contributed by atoms with Crippen LogP contribution in [0.5, 0.6) is 0 Å². The summed E-state index contributed by atoms with van der Waals surface area (Å²) >= 11 is 0. The van der Waals surface area contributed by atoms with Crippen LogP contribution in [0.25, 0.3) is 10.9 Å². The maximum atomic E-state index is 13.1. The summed E-state index contributed by atoms with van der Waals surface area (Å²) in [5, 5.41) is 17.6. The number of aliphatic hydroxyl groups is 1. The number of amides is 2. The molecule has 0 radical (unpaired) electrons. The van der Waals surface area contributed by atoms with Crippen molar-refractivity contribution in [1.29, 1.82) is 0 Å². The number of benzene rings is 1. The number of nitrogens with zero attached hydrogens (tertiary/aromatic N) is 1. The SMILES string of the molecule is CCCCNC(=O)[C@H](C)C[C@H](O)[C@@H](N)C[C@H](CNC(=O)c1cn(CCOC)c2ccccc12)C(C)C. The Morgan fingerprint density at radius 1 is 1.14 bits per heavy atom. The molecule has 8 nitrogen and oxygen atoms in total. The average molecular weight is 503 g/mol. The standard InChI is InChI=1S/C28H46N4O4/c1-6-7-12-30-27(34)20(4)15-26(33)24(29)16-21(19(2)3)17-31-28(35)23-18-32(13-14-36-5)25-11-9-8-10-22(23)25/h8-11,18-21,24,26,33H,6-7,12-17,29H2,1-5H3,(H,30,34)(H,31,35)/t20-,21-,24+,26+/m1/s1. The number of methoxy groups -OCH3 is 1. The van der Waals surface area contributed by atoms with Gasteiger partial charge < -0.3 is 30.8 Å². The number of hydrogen-bond acceptors (Lipinski definition) is 5. The second kappa shape index (κ2) is 15.0. The van der Waals surface area contributed by atoms with E-state index in [1.165, 1.54) is 0 Å². The molecular formula is C28H46N4O4. The summed E-state index contributed by atoms with van der Waals surface area (Å²) in [6.07, 6.45) is 3.93. The molecule has 0 bridgehead atoms. The van der Waals surface area contributed by atoms with Crippen molar-refractivity contribution in [2.24, 2.45) is 23.5 Å². The average Bonchev–Trinajstić information content (AvgIpc) is 3.23. The number of hydrogen-bond donors (Lipinski definition) is 4. The van der Waals surface area contributed by atoms with Gasteiger partial charge >= 0.3 is 0 Å². The molecule has 36 heavy (non-hydrogen) atoms. The summed E-state index contributed by atoms with van der Waals surface area (Å²) in [6.45, 7) is 10.4. The summed E-state index contributed by atoms with van der Waals surface area (Å²) in [5.41, 5.74) is 7.99. The van der Waals surface area contributed by atoms with Crippen molar-refractivity contribution >= 4 is 22.7 Å². The number of rotatable bonds is 16. The fraction of sp³-hybridized carbons (Fsp3) is 0.643. The lowest BCUT2D eigenvalue weighted by Gasteiger charge is -2.28. The van der Waals surface area contributed by atoms with E-state index < -0.39 is 12.1 Å². The van der Waals surface area contributed by atoms with E-state index in [0.717, 1.165) is 23.7 Å². The number of para-hydroxylation sites is 1. The van der Waals surface area contributed by atoms with Crippen LogP contribution in [0, 0.1) is 17.8 Å². The van der Waals surface area contributed by atoms with Crippen LogP contribution in [0.1, 0.15) is 63.7 Å². The first-order chi connectivity index (χ1) is 17.2. The van der Waals surface area contributed by atoms with Crippen LogP contribution in [0.15, 0.2) is 30.5 Å². The second-order valence-electron chi connectivity index (χ2n) is 10.2. The molecule has 1 aromatic heterocycles. The van der Waals surface area contributed by atoms with E-state index in [-0.39, 0.29) is 29.6 Å². The topological polar surface area (TPSA) is 119 Å². The van der Waals surface area contributed by atoms with E-state index in [9.17, 15) is 14.7 Å². The molecule has 0 aliphatic heterocycles. The zero-order valence-corrected chi connectivity index (χ0v) is 22.6. The molecule has 4 atom stereocenters. The minimum absolute atomic E-state index is 0.0490. The molecule has 1 heterocycles. The van der Waals surface area contributed by atoms with Crippen molar-refractivity contribution in [1.82, 2.24) is 15.2 Å². The molecule has 0 aliphatic carbocycles. The Bertz CT molecular complexity index is 958. The first-order valence-corrected chi connectivity index (χ1v) is 13.3. The van der Waals surface area contributed by atoms with Crippen LogP contribution < -0.4 is 16.4 Å². The number of aromatic nitrogens is 1. The van der Waals surface area contributed by atoms with E-state index in [1.807, 2.05) is 42.0 Å². The van der Waals surface area contributed by atoms with Crippen molar-refractivity contribution in [2.75, 3.05) is 26.8 Å². The Balaban J connectivity index is 1.96. The van der Waals surface area contributed by atoms with Crippen LogP contribution in [-0.4, -0.2) is 60.4 Å². The third-order valence-corrected chi connectivity index (χ3v) is 6.98. The minimum atomic E-state index is -0.785. The minimum Gasteiger partial charge on any atom is -0.391 e. The third kappa shape index (κ3) is 8.61. The number of fused-ring (bicyclic) bond motifs is 1. The molecule has 0 aliphatic rings. The summed E-state index contributed by atoms with van der Waals surface area (Å²) in [4.78, 5) is 25.4. The van der Waals surface area contributed by atoms with Crippen molar-refractivity contribution in [3.63, 3.8) is 0 Å². The zero-order chi connectivity index (χ0) is 26.7. The van der Waals surface area contributed by atoms with E-state index in [2.05, 4.69) is 31.4 Å². The van der Waals surface area contributed by atoms with Crippen molar-refractivity contribution in [3.8, 4) is 0 Å². The Labute approximate surface area is 216 Å². The number of carbonyl (C=O) groups excluding carboxylic acids is 2. The third-order valence-electron chi connectivity index (χ3n) is 6.98. The smallest absolute Gasteiger partial charge is 0.253 e. The maximum Gasteiger partial charge on any atom is 0.253 e. The number of unbranched alkanes of at least 4 members (excludes halogenated alkanes) is 1. The molecule has 1 aromatic carbocycles. The normalized spacial score (nSPS) is 15.0. The van der Waals surface area contributed by atoms with E-state index in [4.69, 9.17) is 10.5 Å². The van der Waals surface area contributed by atoms with Gasteiger partial charge in [-0.25, -0.2) is 0 Å². The zero-order valence-electron chi connectivity index (χ0n) is 22.6. The van der Waals surface area contributed by atoms with Gasteiger partial charge in [-0.15, -0.1) is 0 Å². The molecular weight excluding hydrogens is 456 g/mol. The Morgan fingerprint density at radius 3 is 2.53 bits per heavy atom. The number of nitrogens with one attached hydrogen (secondary N) is 2. The predicted molar refractivity (Wildman–Crippen MR) is 145 cm³/mol. The molecule has 0 saturated heterocycles. The molecule has 2 amide bonds. The molecule has 8 heteroatoms. The first-order valence-electron chi connectivity index (χ1n) is 13.3. The van der Waals surface area contributed by atoms with Gasteiger partial charge in [0.2, 0.25) is 5.91 Å². The maximum absolute atomic E-state index is 13.1. The van der Waals surface area contributed by atoms with Gasteiger partial charge in [0.15, 0.2) is 0 Å². The molecule has 0 unspecified atom stereocenters. The van der Waals surface area contributed by atoms with E-state index in [0.29, 0.717) is 44.6 Å². The molecule has 202 valence electrons. The molecule has 2 rings (SSSR count). The largest absolute Gasteiger partial charge is 0.391 e. The van der Waals surface area contributed by atoms with Crippen LogP contribution >= 0.6 is 0 Å². The summed E-state index contributed by atoms with van der Waals surface area (Å²) in [5.74, 6) is -0.127. The van der Waals surface area contributed by atoms with Crippen LogP contribution in [-0.2, 0) is 16.1 Å². The molecule has 5 N–H and O–H groups in total. The van der Waals surface area contributed by atoms with Gasteiger partial charge in [-0.2, -0.15) is 0 Å².